The van der Waals surface area contributed by atoms with E-state index in [1.807, 2.05) is 0 Å². The third-order valence-corrected chi connectivity index (χ3v) is 5.46. The summed E-state index contributed by atoms with van der Waals surface area (Å²) >= 11 is 14.8. The van der Waals surface area contributed by atoms with Gasteiger partial charge in [0.15, 0.2) is 0 Å². The third kappa shape index (κ3) is 39.4. The van der Waals surface area contributed by atoms with Crippen LogP contribution in [0, 0.1) is 0 Å². The largest absolute Gasteiger partial charge is 3.00 e. The first-order valence-corrected chi connectivity index (χ1v) is 11.1. The zero-order chi connectivity index (χ0) is 23.5. The van der Waals surface area contributed by atoms with Crippen LogP contribution in [0.1, 0.15) is 33.1 Å². The van der Waals surface area contributed by atoms with Gasteiger partial charge in [-0.2, -0.15) is 20.6 Å². The van der Waals surface area contributed by atoms with Gasteiger partial charge in [0, 0.05) is 10.9 Å². The van der Waals surface area contributed by atoms with Crippen molar-refractivity contribution < 1.29 is 36.4 Å². The molecular weight excluding hydrogens is 553 g/mol. The van der Waals surface area contributed by atoms with Gasteiger partial charge in [-0.3, -0.25) is 4.79 Å². The van der Waals surface area contributed by atoms with Crippen LogP contribution in [0.3, 0.4) is 0 Å². The number of isothiocyanates is 4. The summed E-state index contributed by atoms with van der Waals surface area (Å²) in [5.74, 6) is 1.57. The van der Waals surface area contributed by atoms with Crippen LogP contribution < -0.4 is 12.3 Å². The van der Waals surface area contributed by atoms with E-state index in [9.17, 15) is 9.59 Å². The quantitative estimate of drug-likeness (QED) is 0.197. The van der Waals surface area contributed by atoms with Crippen LogP contribution in [0.15, 0.2) is 0 Å². The standard InChI is InChI=1S/C12H21O4S.4CNS.Cr.2H3N/c1-3-15-11(13)9-10(12(14)16-4-2)17-7-5-6-8-17;4*2-1-3;;;/h10H,3-9H2,1-2H3;;;;;;2*1H3/q+1;4*-1;+3;;. The summed E-state index contributed by atoms with van der Waals surface area (Å²) in [6.07, 6.45) is 2.49. The molecule has 1 rings (SSSR count). The molecule has 1 radical (unpaired) electrons. The smallest absolute Gasteiger partial charge is 0.753 e. The molecule has 181 valence electrons. The molecule has 0 aromatic heterocycles. The summed E-state index contributed by atoms with van der Waals surface area (Å²) in [7, 11) is 0.00380. The maximum absolute atomic E-state index is 11.8. The number of esters is 2. The van der Waals surface area contributed by atoms with E-state index in [4.69, 9.17) is 31.1 Å². The molecule has 1 fully saturated rings. The molecule has 6 N–H and O–H groups in total. The summed E-state index contributed by atoms with van der Waals surface area (Å²) in [4.78, 5) is 23.3. The predicted octanol–water partition coefficient (Wildman–Crippen LogP) is 4.24. The minimum absolute atomic E-state index is 0. The van der Waals surface area contributed by atoms with Crippen LogP contribution in [0.2, 0.25) is 0 Å². The van der Waals surface area contributed by atoms with Crippen molar-refractivity contribution in [3.8, 4) is 0 Å². The molecule has 0 aliphatic carbocycles. The first-order chi connectivity index (χ1) is 13.8. The zero-order valence-electron chi connectivity index (χ0n) is 17.8. The molecule has 32 heavy (non-hydrogen) atoms. The Labute approximate surface area is 224 Å². The second-order valence-electron chi connectivity index (χ2n) is 4.27. The van der Waals surface area contributed by atoms with Gasteiger partial charge in [0.05, 0.1) is 13.2 Å². The minimum Gasteiger partial charge on any atom is -0.753 e. The SMILES string of the molecule is CCOC(=O)CC(C(=O)OCC)[S+]1CCCC1.N.N.[Cr+3].[N-]=C=S.[N-]=C=S.[N-]=C=S.[N-]=C=S. The van der Waals surface area contributed by atoms with E-state index in [-0.39, 0.29) is 64.2 Å². The fourth-order valence-corrected chi connectivity index (χ4v) is 4.54. The summed E-state index contributed by atoms with van der Waals surface area (Å²) in [5.41, 5.74) is 0. The molecule has 1 aliphatic rings. The molecule has 0 spiro atoms. The number of hydrogen-bond donors (Lipinski definition) is 2. The maximum atomic E-state index is 11.8. The predicted molar refractivity (Wildman–Crippen MR) is 142 cm³/mol. The van der Waals surface area contributed by atoms with Crippen LogP contribution in [-0.4, -0.2) is 62.6 Å². The first-order valence-electron chi connectivity index (χ1n) is 7.88. The van der Waals surface area contributed by atoms with E-state index in [1.165, 1.54) is 20.6 Å². The molecule has 1 unspecified atom stereocenters. The Bertz CT molecular complexity index is 537. The van der Waals surface area contributed by atoms with Crippen LogP contribution in [0.5, 0.6) is 0 Å². The normalized spacial score (nSPS) is 10.4. The summed E-state index contributed by atoms with van der Waals surface area (Å²) in [5, 5.41) is 33.6. The molecule has 0 amide bonds. The Morgan fingerprint density at radius 3 is 1.44 bits per heavy atom. The van der Waals surface area contributed by atoms with Crippen molar-refractivity contribution in [2.75, 3.05) is 24.7 Å². The zero-order valence-corrected chi connectivity index (χ0v) is 23.2. The Morgan fingerprint density at radius 2 is 1.16 bits per heavy atom. The van der Waals surface area contributed by atoms with E-state index in [0.29, 0.717) is 13.2 Å². The Balaban J connectivity index is -0.0000000705. The fraction of sp³-hybridized carbons (Fsp3) is 0.625. The van der Waals surface area contributed by atoms with Gasteiger partial charge in [0.25, 0.3) is 0 Å². The first kappa shape index (κ1) is 48.4. The molecular formula is C16H27CrN6O4S5. The van der Waals surface area contributed by atoms with Crippen molar-refractivity contribution in [3.63, 3.8) is 0 Å². The monoisotopic (exact) mass is 579 g/mol. The van der Waals surface area contributed by atoms with Crippen molar-refractivity contribution in [1.29, 1.82) is 0 Å². The summed E-state index contributed by atoms with van der Waals surface area (Å²) in [6.45, 7) is 4.30. The molecule has 10 nitrogen and oxygen atoms in total. The van der Waals surface area contributed by atoms with Gasteiger partial charge in [-0.05, 0) is 26.7 Å². The van der Waals surface area contributed by atoms with Gasteiger partial charge in [0.1, 0.15) is 17.9 Å². The van der Waals surface area contributed by atoms with Crippen LogP contribution >= 0.6 is 48.9 Å². The van der Waals surface area contributed by atoms with Crippen molar-refractivity contribution in [3.05, 3.63) is 21.6 Å². The second-order valence-corrected chi connectivity index (χ2v) is 7.46. The topological polar surface area (TPSA) is 212 Å². The van der Waals surface area contributed by atoms with Gasteiger partial charge in [-0.15, -0.1) is 0 Å². The van der Waals surface area contributed by atoms with E-state index < -0.39 is 0 Å². The Kier molecular flexibility index (Phi) is 66.2. The number of thiocarbonyl (C=S) groups is 4. The van der Waals surface area contributed by atoms with Crippen molar-refractivity contribution in [2.45, 2.75) is 38.4 Å². The third-order valence-electron chi connectivity index (χ3n) is 2.67. The van der Waals surface area contributed by atoms with Crippen LogP contribution in [-0.2, 0) is 47.3 Å². The second kappa shape index (κ2) is 43.8. The summed E-state index contributed by atoms with van der Waals surface area (Å²) < 4.78 is 9.97. The molecule has 0 saturated carbocycles. The van der Waals surface area contributed by atoms with Gasteiger partial charge in [0.2, 0.25) is 5.25 Å². The van der Waals surface area contributed by atoms with E-state index in [2.05, 4.69) is 48.9 Å². The van der Waals surface area contributed by atoms with Gasteiger partial charge < -0.3 is 43.4 Å². The van der Waals surface area contributed by atoms with E-state index in [1.54, 1.807) is 13.8 Å². The van der Waals surface area contributed by atoms with Crippen LogP contribution in [0.4, 0.5) is 0 Å². The summed E-state index contributed by atoms with van der Waals surface area (Å²) in [6, 6.07) is 0. The van der Waals surface area contributed by atoms with Crippen molar-refractivity contribution in [2.24, 2.45) is 0 Å². The van der Waals surface area contributed by atoms with Gasteiger partial charge in [-0.25, -0.2) is 4.79 Å². The molecule has 1 atom stereocenters. The number of ether oxygens (including phenoxy) is 2. The number of hydrogen-bond acceptors (Lipinski definition) is 10. The van der Waals surface area contributed by atoms with Crippen molar-refractivity contribution >= 4 is 92.4 Å². The molecule has 0 aromatic rings. The molecule has 16 heteroatoms. The average Bonchev–Trinajstić information content (AvgIpc) is 3.17. The Hall–Kier alpha value is -1.06. The number of carbonyl (C=O) groups excluding carboxylic acids is 2. The number of rotatable bonds is 6. The van der Waals surface area contributed by atoms with E-state index in [0.717, 1.165) is 24.3 Å². The maximum Gasteiger partial charge on any atom is 3.00 e. The molecule has 0 aromatic carbocycles. The van der Waals surface area contributed by atoms with Gasteiger partial charge in [-0.1, -0.05) is 48.9 Å². The van der Waals surface area contributed by atoms with Gasteiger partial charge >= 0.3 is 29.3 Å². The fourth-order valence-electron chi connectivity index (χ4n) is 1.91. The Morgan fingerprint density at radius 1 is 0.844 bits per heavy atom. The molecule has 1 saturated heterocycles. The molecule has 0 bridgehead atoms. The average molecular weight is 580 g/mol. The minimum atomic E-state index is -0.287. The van der Waals surface area contributed by atoms with Crippen LogP contribution in [0.25, 0.3) is 21.6 Å². The van der Waals surface area contributed by atoms with E-state index >= 15 is 0 Å². The molecule has 1 aliphatic heterocycles. The number of carbonyl (C=O) groups is 2. The van der Waals surface area contributed by atoms with Crippen molar-refractivity contribution in [1.82, 2.24) is 12.3 Å². The number of nitrogens with zero attached hydrogens (tertiary/aromatic N) is 4. The molecule has 1 heterocycles.